The number of hydrogen-bond donors (Lipinski definition) is 1. The fraction of sp³-hybridized carbons (Fsp3) is 0.400. The summed E-state index contributed by atoms with van der Waals surface area (Å²) >= 11 is 0. The van der Waals surface area contributed by atoms with Gasteiger partial charge in [0.25, 0.3) is 0 Å². The zero-order chi connectivity index (χ0) is 13.8. The molecule has 0 radical (unpaired) electrons. The summed E-state index contributed by atoms with van der Waals surface area (Å²) in [5.41, 5.74) is 3.57. The Morgan fingerprint density at radius 1 is 1.45 bits per heavy atom. The van der Waals surface area contributed by atoms with E-state index >= 15 is 0 Å². The molecule has 1 aliphatic heterocycles. The van der Waals surface area contributed by atoms with Gasteiger partial charge in [0.05, 0.1) is 44.3 Å². The van der Waals surface area contributed by atoms with Gasteiger partial charge in [0, 0.05) is 13.3 Å². The molecular weight excluding hydrogens is 254 g/mol. The van der Waals surface area contributed by atoms with E-state index < -0.39 is 0 Å². The van der Waals surface area contributed by atoms with Gasteiger partial charge in [-0.15, -0.1) is 0 Å². The van der Waals surface area contributed by atoms with Crippen LogP contribution in [0.3, 0.4) is 0 Å². The number of benzene rings is 1. The van der Waals surface area contributed by atoms with E-state index in [2.05, 4.69) is 28.6 Å². The molecule has 5 heteroatoms. The minimum absolute atomic E-state index is 0.181. The van der Waals surface area contributed by atoms with Crippen molar-refractivity contribution in [3.05, 3.63) is 47.8 Å². The van der Waals surface area contributed by atoms with Gasteiger partial charge < -0.3 is 14.8 Å². The number of nitrogens with one attached hydrogen (secondary N) is 1. The fourth-order valence-corrected chi connectivity index (χ4v) is 2.45. The van der Waals surface area contributed by atoms with E-state index in [-0.39, 0.29) is 6.04 Å². The predicted octanol–water partition coefficient (Wildman–Crippen LogP) is 2.21. The monoisotopic (exact) mass is 273 g/mol. The van der Waals surface area contributed by atoms with Crippen LogP contribution >= 0.6 is 0 Å². The Hall–Kier alpha value is -1.85. The summed E-state index contributed by atoms with van der Waals surface area (Å²) in [6, 6.07) is 8.57. The van der Waals surface area contributed by atoms with E-state index in [4.69, 9.17) is 9.47 Å². The molecule has 1 aromatic heterocycles. The first-order chi connectivity index (χ1) is 9.86. The van der Waals surface area contributed by atoms with Gasteiger partial charge in [0.1, 0.15) is 0 Å². The van der Waals surface area contributed by atoms with Gasteiger partial charge in [-0.05, 0) is 11.1 Å². The van der Waals surface area contributed by atoms with Gasteiger partial charge in [-0.25, -0.2) is 0 Å². The first-order valence-corrected chi connectivity index (χ1v) is 6.80. The Morgan fingerprint density at radius 3 is 3.25 bits per heavy atom. The zero-order valence-corrected chi connectivity index (χ0v) is 11.6. The number of aromatic nitrogens is 2. The average molecular weight is 273 g/mol. The lowest BCUT2D eigenvalue weighted by atomic mass is 9.99. The highest BCUT2D eigenvalue weighted by atomic mass is 16.5. The Morgan fingerprint density at radius 2 is 2.35 bits per heavy atom. The minimum Gasteiger partial charge on any atom is -0.383 e. The number of ether oxygens (including phenoxy) is 2. The van der Waals surface area contributed by atoms with Crippen LogP contribution in [0, 0.1) is 0 Å². The van der Waals surface area contributed by atoms with Crippen molar-refractivity contribution in [2.24, 2.45) is 0 Å². The lowest BCUT2D eigenvalue weighted by Crippen LogP contribution is -2.22. The third-order valence-corrected chi connectivity index (χ3v) is 3.47. The largest absolute Gasteiger partial charge is 0.383 e. The number of fused-ring (bicyclic) bond motifs is 1. The molecule has 3 rings (SSSR count). The molecule has 1 N–H and O–H groups in total. The normalized spacial score (nSPS) is 17.8. The molecule has 5 nitrogen and oxygen atoms in total. The highest BCUT2D eigenvalue weighted by molar-refractivity contribution is 5.44. The maximum atomic E-state index is 5.64. The smallest absolute Gasteiger partial charge is 0.0752 e. The molecule has 0 spiro atoms. The molecule has 0 saturated carbocycles. The highest BCUT2D eigenvalue weighted by Crippen LogP contribution is 2.27. The van der Waals surface area contributed by atoms with Gasteiger partial charge in [-0.3, -0.25) is 4.68 Å². The molecule has 0 bridgehead atoms. The van der Waals surface area contributed by atoms with Crippen molar-refractivity contribution >= 4 is 5.69 Å². The van der Waals surface area contributed by atoms with Crippen LogP contribution in [0.1, 0.15) is 17.2 Å². The van der Waals surface area contributed by atoms with Crippen LogP contribution in [-0.4, -0.2) is 30.1 Å². The van der Waals surface area contributed by atoms with E-state index in [9.17, 15) is 0 Å². The number of methoxy groups -OCH3 is 1. The average Bonchev–Trinajstić information content (AvgIpc) is 2.93. The Kier molecular flexibility index (Phi) is 3.99. The lowest BCUT2D eigenvalue weighted by Gasteiger charge is -2.26. The molecule has 0 fully saturated rings. The van der Waals surface area contributed by atoms with Crippen LogP contribution in [0.4, 0.5) is 5.69 Å². The van der Waals surface area contributed by atoms with Crippen molar-refractivity contribution in [2.45, 2.75) is 19.2 Å². The molecule has 20 heavy (non-hydrogen) atoms. The number of nitrogens with zero attached hydrogens (tertiary/aromatic N) is 2. The topological polar surface area (TPSA) is 48.3 Å². The highest BCUT2D eigenvalue weighted by Gasteiger charge is 2.20. The molecule has 0 aliphatic carbocycles. The van der Waals surface area contributed by atoms with E-state index in [0.29, 0.717) is 19.8 Å². The second-order valence-corrected chi connectivity index (χ2v) is 4.90. The van der Waals surface area contributed by atoms with Crippen molar-refractivity contribution < 1.29 is 9.47 Å². The summed E-state index contributed by atoms with van der Waals surface area (Å²) in [5, 5.41) is 7.79. The summed E-state index contributed by atoms with van der Waals surface area (Å²) < 4.78 is 12.6. The van der Waals surface area contributed by atoms with E-state index in [0.717, 1.165) is 12.2 Å². The SMILES string of the molecule is COCCn1cc(NC2COCc3ccccc32)cn1. The molecule has 1 unspecified atom stereocenters. The Balaban J connectivity index is 1.71. The van der Waals surface area contributed by atoms with E-state index in [1.54, 1.807) is 7.11 Å². The molecule has 0 amide bonds. The van der Waals surface area contributed by atoms with Gasteiger partial charge in [-0.2, -0.15) is 5.10 Å². The van der Waals surface area contributed by atoms with Crippen molar-refractivity contribution in [1.29, 1.82) is 0 Å². The molecule has 0 saturated heterocycles. The predicted molar refractivity (Wildman–Crippen MR) is 76.6 cm³/mol. The maximum Gasteiger partial charge on any atom is 0.0752 e. The first kappa shape index (κ1) is 13.1. The molecule has 1 aliphatic rings. The Bertz CT molecular complexity index is 568. The van der Waals surface area contributed by atoms with Gasteiger partial charge in [-0.1, -0.05) is 24.3 Å². The molecule has 2 heterocycles. The van der Waals surface area contributed by atoms with Gasteiger partial charge in [0.2, 0.25) is 0 Å². The van der Waals surface area contributed by atoms with Crippen LogP contribution in [0.5, 0.6) is 0 Å². The van der Waals surface area contributed by atoms with Crippen LogP contribution in [0.2, 0.25) is 0 Å². The van der Waals surface area contributed by atoms with Gasteiger partial charge in [0.15, 0.2) is 0 Å². The molecule has 1 atom stereocenters. The van der Waals surface area contributed by atoms with E-state index in [1.807, 2.05) is 23.1 Å². The number of hydrogen-bond acceptors (Lipinski definition) is 4. The van der Waals surface area contributed by atoms with Crippen molar-refractivity contribution in [2.75, 3.05) is 25.6 Å². The summed E-state index contributed by atoms with van der Waals surface area (Å²) in [6.07, 6.45) is 3.84. The second kappa shape index (κ2) is 6.07. The summed E-state index contributed by atoms with van der Waals surface area (Å²) in [6.45, 7) is 2.80. The zero-order valence-electron chi connectivity index (χ0n) is 11.6. The number of anilines is 1. The third kappa shape index (κ3) is 2.84. The molecular formula is C15H19N3O2. The molecule has 2 aromatic rings. The molecule has 106 valence electrons. The Labute approximate surface area is 118 Å². The number of rotatable bonds is 5. The lowest BCUT2D eigenvalue weighted by molar-refractivity contribution is 0.0970. The summed E-state index contributed by atoms with van der Waals surface area (Å²) in [7, 11) is 1.69. The van der Waals surface area contributed by atoms with Crippen LogP contribution in [0.15, 0.2) is 36.7 Å². The van der Waals surface area contributed by atoms with Gasteiger partial charge >= 0.3 is 0 Å². The van der Waals surface area contributed by atoms with Crippen molar-refractivity contribution in [3.63, 3.8) is 0 Å². The standard InChI is InChI=1S/C15H19N3O2/c1-19-7-6-18-9-13(8-16-18)17-15-11-20-10-12-4-2-3-5-14(12)15/h2-5,8-9,15,17H,6-7,10-11H2,1H3. The van der Waals surface area contributed by atoms with Crippen LogP contribution in [0.25, 0.3) is 0 Å². The van der Waals surface area contributed by atoms with Crippen LogP contribution in [-0.2, 0) is 22.6 Å². The van der Waals surface area contributed by atoms with E-state index in [1.165, 1.54) is 11.1 Å². The first-order valence-electron chi connectivity index (χ1n) is 6.80. The van der Waals surface area contributed by atoms with Crippen molar-refractivity contribution in [1.82, 2.24) is 9.78 Å². The van der Waals surface area contributed by atoms with Crippen molar-refractivity contribution in [3.8, 4) is 0 Å². The molecule has 1 aromatic carbocycles. The maximum absolute atomic E-state index is 5.64. The second-order valence-electron chi connectivity index (χ2n) is 4.90. The summed E-state index contributed by atoms with van der Waals surface area (Å²) in [4.78, 5) is 0. The summed E-state index contributed by atoms with van der Waals surface area (Å²) in [5.74, 6) is 0. The third-order valence-electron chi connectivity index (χ3n) is 3.47. The fourth-order valence-electron chi connectivity index (χ4n) is 2.45. The van der Waals surface area contributed by atoms with Crippen LogP contribution < -0.4 is 5.32 Å². The quantitative estimate of drug-likeness (QED) is 0.907. The minimum atomic E-state index is 0.181.